The molecule has 1 unspecified atom stereocenters. The Labute approximate surface area is 145 Å². The van der Waals surface area contributed by atoms with Crippen LogP contribution >= 0.6 is 0 Å². The van der Waals surface area contributed by atoms with E-state index in [4.69, 9.17) is 9.52 Å². The van der Waals surface area contributed by atoms with Crippen LogP contribution in [-0.4, -0.2) is 26.0 Å². The maximum atomic E-state index is 12.5. The molecule has 0 bridgehead atoms. The molecule has 6 nitrogen and oxygen atoms in total. The van der Waals surface area contributed by atoms with E-state index in [1.807, 2.05) is 31.2 Å². The lowest BCUT2D eigenvalue weighted by molar-refractivity contribution is -0.141. The minimum atomic E-state index is -3.80. The third kappa shape index (κ3) is 3.52. The molecular formula is C18H19NO5S. The van der Waals surface area contributed by atoms with Crippen molar-refractivity contribution in [1.82, 2.24) is 4.72 Å². The van der Waals surface area contributed by atoms with Crippen LogP contribution in [0.25, 0.3) is 21.9 Å². The van der Waals surface area contributed by atoms with Crippen molar-refractivity contribution in [3.05, 3.63) is 42.5 Å². The number of fused-ring (bicyclic) bond motifs is 3. The lowest BCUT2D eigenvalue weighted by atomic mass is 10.1. The molecule has 1 aromatic heterocycles. The van der Waals surface area contributed by atoms with Gasteiger partial charge in [-0.05, 0) is 30.7 Å². The first-order valence-electron chi connectivity index (χ1n) is 8.06. The second-order valence-electron chi connectivity index (χ2n) is 5.93. The zero-order valence-corrected chi connectivity index (χ0v) is 14.5. The lowest BCUT2D eigenvalue weighted by Gasteiger charge is -2.12. The molecule has 0 fully saturated rings. The second-order valence-corrected chi connectivity index (χ2v) is 7.70. The number of para-hydroxylation sites is 1. The van der Waals surface area contributed by atoms with Crippen LogP contribution in [0.15, 0.2) is 51.8 Å². The van der Waals surface area contributed by atoms with Crippen LogP contribution in [0.2, 0.25) is 0 Å². The Bertz CT molecular complexity index is 1020. The van der Waals surface area contributed by atoms with Gasteiger partial charge < -0.3 is 9.52 Å². The molecule has 0 saturated carbocycles. The molecule has 1 heterocycles. The molecule has 3 rings (SSSR count). The summed E-state index contributed by atoms with van der Waals surface area (Å²) in [4.78, 5) is 11.3. The molecule has 0 aliphatic heterocycles. The average molecular weight is 361 g/mol. The molecule has 0 saturated heterocycles. The molecule has 0 aliphatic carbocycles. The smallest absolute Gasteiger partial charge is 0.307 e. The molecule has 0 aliphatic rings. The normalized spacial score (nSPS) is 13.3. The van der Waals surface area contributed by atoms with Crippen molar-refractivity contribution < 1.29 is 22.7 Å². The van der Waals surface area contributed by atoms with Crippen LogP contribution < -0.4 is 4.72 Å². The molecule has 0 radical (unpaired) electrons. The number of carboxylic acid groups (broad SMARTS) is 1. The Morgan fingerprint density at radius 2 is 1.88 bits per heavy atom. The maximum Gasteiger partial charge on any atom is 0.307 e. The van der Waals surface area contributed by atoms with Crippen molar-refractivity contribution in [3.63, 3.8) is 0 Å². The summed E-state index contributed by atoms with van der Waals surface area (Å²) in [5.41, 5.74) is 1.29. The fourth-order valence-corrected chi connectivity index (χ4v) is 3.93. The van der Waals surface area contributed by atoms with Crippen molar-refractivity contribution in [3.8, 4) is 0 Å². The van der Waals surface area contributed by atoms with Crippen molar-refractivity contribution in [2.75, 3.05) is 6.54 Å². The summed E-state index contributed by atoms with van der Waals surface area (Å²) in [6.07, 6.45) is 1.09. The van der Waals surface area contributed by atoms with E-state index < -0.39 is 21.9 Å². The standard InChI is InChI=1S/C18H19NO5S/c1-2-5-12(18(20)21)11-19-25(22,23)13-8-9-17-15(10-13)14-6-3-4-7-16(14)24-17/h3-4,6-10,12,19H,2,5,11H2,1H3,(H,20,21). The van der Waals surface area contributed by atoms with E-state index in [2.05, 4.69) is 4.72 Å². The van der Waals surface area contributed by atoms with Gasteiger partial charge in [-0.2, -0.15) is 0 Å². The highest BCUT2D eigenvalue weighted by molar-refractivity contribution is 7.89. The molecule has 1 atom stereocenters. The summed E-state index contributed by atoms with van der Waals surface area (Å²) in [5.74, 6) is -1.74. The number of nitrogens with one attached hydrogen (secondary N) is 1. The average Bonchev–Trinajstić information content (AvgIpc) is 2.96. The van der Waals surface area contributed by atoms with E-state index in [1.54, 1.807) is 12.1 Å². The lowest BCUT2D eigenvalue weighted by Crippen LogP contribution is -2.32. The summed E-state index contributed by atoms with van der Waals surface area (Å²) in [6.45, 7) is 1.73. The monoisotopic (exact) mass is 361 g/mol. The molecular weight excluding hydrogens is 342 g/mol. The number of sulfonamides is 1. The van der Waals surface area contributed by atoms with E-state index in [0.29, 0.717) is 29.4 Å². The number of carbonyl (C=O) groups is 1. The van der Waals surface area contributed by atoms with Gasteiger partial charge in [-0.15, -0.1) is 0 Å². The fraction of sp³-hybridized carbons (Fsp3) is 0.278. The van der Waals surface area contributed by atoms with E-state index in [1.165, 1.54) is 6.07 Å². The molecule has 3 aromatic rings. The van der Waals surface area contributed by atoms with E-state index >= 15 is 0 Å². The van der Waals surface area contributed by atoms with Crippen LogP contribution in [0.1, 0.15) is 19.8 Å². The summed E-state index contributed by atoms with van der Waals surface area (Å²) >= 11 is 0. The molecule has 0 spiro atoms. The fourth-order valence-electron chi connectivity index (χ4n) is 2.83. The zero-order valence-electron chi connectivity index (χ0n) is 13.7. The highest BCUT2D eigenvalue weighted by atomic mass is 32.2. The van der Waals surface area contributed by atoms with Crippen LogP contribution in [0.3, 0.4) is 0 Å². The van der Waals surface area contributed by atoms with Gasteiger partial charge in [0.1, 0.15) is 11.2 Å². The van der Waals surface area contributed by atoms with Crippen LogP contribution in [-0.2, 0) is 14.8 Å². The number of hydrogen-bond acceptors (Lipinski definition) is 4. The van der Waals surface area contributed by atoms with Gasteiger partial charge in [0.15, 0.2) is 0 Å². The first kappa shape index (κ1) is 17.4. The summed E-state index contributed by atoms with van der Waals surface area (Å²) in [6, 6.07) is 12.0. The number of benzene rings is 2. The van der Waals surface area contributed by atoms with Crippen LogP contribution in [0.4, 0.5) is 0 Å². The Kier molecular flexibility index (Phi) is 4.78. The van der Waals surface area contributed by atoms with Gasteiger partial charge in [0.05, 0.1) is 10.8 Å². The van der Waals surface area contributed by atoms with Gasteiger partial charge in [-0.25, -0.2) is 13.1 Å². The Morgan fingerprint density at radius 3 is 2.60 bits per heavy atom. The highest BCUT2D eigenvalue weighted by Crippen LogP contribution is 2.30. The second kappa shape index (κ2) is 6.85. The number of furan rings is 1. The minimum absolute atomic E-state index is 0.0900. The highest BCUT2D eigenvalue weighted by Gasteiger charge is 2.22. The Morgan fingerprint density at radius 1 is 1.16 bits per heavy atom. The predicted octanol–water partition coefficient (Wildman–Crippen LogP) is 3.37. The van der Waals surface area contributed by atoms with Crippen molar-refractivity contribution >= 4 is 37.9 Å². The van der Waals surface area contributed by atoms with E-state index in [-0.39, 0.29) is 11.4 Å². The van der Waals surface area contributed by atoms with Crippen LogP contribution in [0, 0.1) is 5.92 Å². The van der Waals surface area contributed by atoms with Gasteiger partial charge >= 0.3 is 5.97 Å². The van der Waals surface area contributed by atoms with E-state index in [0.717, 1.165) is 5.39 Å². The third-order valence-electron chi connectivity index (χ3n) is 4.16. The number of aliphatic carboxylic acids is 1. The van der Waals surface area contributed by atoms with Gasteiger partial charge in [0.2, 0.25) is 10.0 Å². The maximum absolute atomic E-state index is 12.5. The first-order valence-corrected chi connectivity index (χ1v) is 9.54. The molecule has 132 valence electrons. The van der Waals surface area contributed by atoms with Crippen LogP contribution in [0.5, 0.6) is 0 Å². The van der Waals surface area contributed by atoms with Gasteiger partial charge in [0.25, 0.3) is 0 Å². The topological polar surface area (TPSA) is 96.6 Å². The number of rotatable bonds is 7. The SMILES string of the molecule is CCCC(CNS(=O)(=O)c1ccc2oc3ccccc3c2c1)C(=O)O. The van der Waals surface area contributed by atoms with Crippen molar-refractivity contribution in [2.45, 2.75) is 24.7 Å². The minimum Gasteiger partial charge on any atom is -0.481 e. The number of carboxylic acids is 1. The summed E-state index contributed by atoms with van der Waals surface area (Å²) in [5, 5.41) is 10.7. The quantitative estimate of drug-likeness (QED) is 0.672. The molecule has 0 amide bonds. The van der Waals surface area contributed by atoms with Crippen molar-refractivity contribution in [2.24, 2.45) is 5.92 Å². The van der Waals surface area contributed by atoms with Crippen molar-refractivity contribution in [1.29, 1.82) is 0 Å². The zero-order chi connectivity index (χ0) is 18.0. The van der Waals surface area contributed by atoms with Gasteiger partial charge in [0, 0.05) is 17.3 Å². The Hall–Kier alpha value is -2.38. The summed E-state index contributed by atoms with van der Waals surface area (Å²) < 4.78 is 33.2. The molecule has 7 heteroatoms. The molecule has 2 N–H and O–H groups in total. The largest absolute Gasteiger partial charge is 0.481 e. The van der Waals surface area contributed by atoms with Gasteiger partial charge in [-0.1, -0.05) is 31.5 Å². The number of hydrogen-bond donors (Lipinski definition) is 2. The Balaban J connectivity index is 1.91. The predicted molar refractivity (Wildman–Crippen MR) is 94.9 cm³/mol. The third-order valence-corrected chi connectivity index (χ3v) is 5.59. The van der Waals surface area contributed by atoms with Gasteiger partial charge in [-0.3, -0.25) is 4.79 Å². The molecule has 25 heavy (non-hydrogen) atoms. The summed E-state index contributed by atoms with van der Waals surface area (Å²) in [7, 11) is -3.80. The molecule has 2 aromatic carbocycles. The first-order chi connectivity index (χ1) is 11.9. The van der Waals surface area contributed by atoms with E-state index in [9.17, 15) is 13.2 Å².